The highest BCUT2D eigenvalue weighted by molar-refractivity contribution is 7.89. The zero-order valence-electron chi connectivity index (χ0n) is 14.2. The number of aromatic nitrogens is 2. The highest BCUT2D eigenvalue weighted by Gasteiger charge is 2.27. The first-order valence-corrected chi connectivity index (χ1v) is 8.69. The Labute approximate surface area is 144 Å². The molecule has 2 rings (SSSR count). The molecule has 0 aliphatic carbocycles. The molecule has 10 heteroatoms. The van der Waals surface area contributed by atoms with Gasteiger partial charge < -0.3 is 5.32 Å². The number of carbonyl (C=O) groups excluding carboxylic acids is 1. The Morgan fingerprint density at radius 1 is 1.24 bits per heavy atom. The molecule has 1 N–H and O–H groups in total. The average molecular weight is 372 g/mol. The number of halogens is 2. The molecule has 7 nitrogen and oxygen atoms in total. The first-order chi connectivity index (χ1) is 11.5. The fourth-order valence-electron chi connectivity index (χ4n) is 2.30. The minimum Gasteiger partial charge on any atom is -0.324 e. The number of anilines is 1. The molecule has 0 aliphatic heterocycles. The number of amides is 1. The lowest BCUT2D eigenvalue weighted by Crippen LogP contribution is -2.24. The minimum atomic E-state index is -3.70. The molecule has 0 saturated carbocycles. The predicted octanol–water partition coefficient (Wildman–Crippen LogP) is 1.67. The maximum atomic E-state index is 13.2. The summed E-state index contributed by atoms with van der Waals surface area (Å²) < 4.78 is 53.0. The smallest absolute Gasteiger partial charge is 0.246 e. The van der Waals surface area contributed by atoms with E-state index in [-0.39, 0.29) is 22.8 Å². The zero-order valence-corrected chi connectivity index (χ0v) is 15.0. The molecular formula is C15H18F2N4O3S. The molecule has 1 aromatic carbocycles. The van der Waals surface area contributed by atoms with E-state index in [0.717, 1.165) is 16.4 Å². The van der Waals surface area contributed by atoms with Crippen LogP contribution in [0.4, 0.5) is 14.5 Å². The predicted molar refractivity (Wildman–Crippen MR) is 87.6 cm³/mol. The summed E-state index contributed by atoms with van der Waals surface area (Å²) in [6, 6.07) is 2.98. The number of aryl methyl sites for hydroxylation is 1. The van der Waals surface area contributed by atoms with Gasteiger partial charge in [0.05, 0.1) is 11.4 Å². The quantitative estimate of drug-likeness (QED) is 0.865. The second kappa shape index (κ2) is 6.89. The van der Waals surface area contributed by atoms with E-state index in [4.69, 9.17) is 0 Å². The number of hydrogen-bond acceptors (Lipinski definition) is 4. The highest BCUT2D eigenvalue weighted by atomic mass is 32.2. The maximum Gasteiger partial charge on any atom is 0.246 e. The molecule has 1 heterocycles. The molecule has 0 atom stereocenters. The third kappa shape index (κ3) is 3.85. The topological polar surface area (TPSA) is 84.3 Å². The van der Waals surface area contributed by atoms with Crippen LogP contribution < -0.4 is 5.32 Å². The van der Waals surface area contributed by atoms with Crippen molar-refractivity contribution in [3.8, 4) is 0 Å². The van der Waals surface area contributed by atoms with Crippen molar-refractivity contribution in [3.05, 3.63) is 41.2 Å². The van der Waals surface area contributed by atoms with Gasteiger partial charge in [-0.2, -0.15) is 5.10 Å². The number of rotatable bonds is 5. The van der Waals surface area contributed by atoms with E-state index < -0.39 is 27.6 Å². The standard InChI is InChI=1S/C15H18F2N4O3S/c1-9-15(25(23,24)20(3)4)10(2)21(19-9)8-14(22)18-11-5-6-12(16)13(17)7-11/h5-7H,8H2,1-4H3,(H,18,22). The van der Waals surface area contributed by atoms with E-state index in [9.17, 15) is 22.0 Å². The largest absolute Gasteiger partial charge is 0.324 e. The van der Waals surface area contributed by atoms with Crippen molar-refractivity contribution in [3.63, 3.8) is 0 Å². The zero-order chi connectivity index (χ0) is 18.9. The first kappa shape index (κ1) is 19.0. The van der Waals surface area contributed by atoms with Gasteiger partial charge in [-0.3, -0.25) is 9.48 Å². The van der Waals surface area contributed by atoms with Crippen LogP contribution in [0.1, 0.15) is 11.4 Å². The van der Waals surface area contributed by atoms with Gasteiger partial charge in [0.25, 0.3) is 0 Å². The van der Waals surface area contributed by atoms with Crippen LogP contribution in [0.15, 0.2) is 23.1 Å². The molecule has 0 fully saturated rings. The highest BCUT2D eigenvalue weighted by Crippen LogP contribution is 2.22. The molecule has 0 spiro atoms. The van der Waals surface area contributed by atoms with Gasteiger partial charge in [0.15, 0.2) is 11.6 Å². The van der Waals surface area contributed by atoms with Gasteiger partial charge in [0, 0.05) is 25.8 Å². The Balaban J connectivity index is 2.23. The Morgan fingerprint density at radius 3 is 2.44 bits per heavy atom. The summed E-state index contributed by atoms with van der Waals surface area (Å²) in [6.45, 7) is 2.81. The van der Waals surface area contributed by atoms with Gasteiger partial charge in [-0.15, -0.1) is 0 Å². The van der Waals surface area contributed by atoms with E-state index >= 15 is 0 Å². The van der Waals surface area contributed by atoms with Crippen molar-refractivity contribution in [2.75, 3.05) is 19.4 Å². The van der Waals surface area contributed by atoms with Crippen LogP contribution in [0.25, 0.3) is 0 Å². The fraction of sp³-hybridized carbons (Fsp3) is 0.333. The van der Waals surface area contributed by atoms with E-state index in [0.29, 0.717) is 5.69 Å². The van der Waals surface area contributed by atoms with E-state index in [1.807, 2.05) is 0 Å². The van der Waals surface area contributed by atoms with Crippen molar-refractivity contribution >= 4 is 21.6 Å². The molecule has 0 radical (unpaired) electrons. The summed E-state index contributed by atoms with van der Waals surface area (Å²) in [5.74, 6) is -2.65. The molecule has 25 heavy (non-hydrogen) atoms. The van der Waals surface area contributed by atoms with Crippen LogP contribution in [0.3, 0.4) is 0 Å². The second-order valence-electron chi connectivity index (χ2n) is 5.62. The van der Waals surface area contributed by atoms with Gasteiger partial charge in [0.1, 0.15) is 11.4 Å². The fourth-order valence-corrected chi connectivity index (χ4v) is 3.56. The van der Waals surface area contributed by atoms with Crippen molar-refractivity contribution in [1.29, 1.82) is 0 Å². The molecule has 2 aromatic rings. The summed E-state index contributed by atoms with van der Waals surface area (Å²) in [5.41, 5.74) is 0.671. The number of nitrogens with one attached hydrogen (secondary N) is 1. The molecule has 0 bridgehead atoms. The molecular weight excluding hydrogens is 354 g/mol. The number of hydrogen-bond donors (Lipinski definition) is 1. The Kier molecular flexibility index (Phi) is 5.23. The number of nitrogens with zero attached hydrogens (tertiary/aromatic N) is 3. The lowest BCUT2D eigenvalue weighted by molar-refractivity contribution is -0.116. The first-order valence-electron chi connectivity index (χ1n) is 7.25. The summed E-state index contributed by atoms with van der Waals surface area (Å²) in [7, 11) is -0.887. The Hall–Kier alpha value is -2.33. The molecule has 1 amide bonds. The van der Waals surface area contributed by atoms with Gasteiger partial charge >= 0.3 is 0 Å². The van der Waals surface area contributed by atoms with E-state index in [1.54, 1.807) is 6.92 Å². The SMILES string of the molecule is Cc1nn(CC(=O)Nc2ccc(F)c(F)c2)c(C)c1S(=O)(=O)N(C)C. The third-order valence-corrected chi connectivity index (χ3v) is 5.62. The molecule has 0 unspecified atom stereocenters. The van der Waals surface area contributed by atoms with Crippen LogP contribution in [-0.4, -0.2) is 42.5 Å². The summed E-state index contributed by atoms with van der Waals surface area (Å²) in [6.07, 6.45) is 0. The van der Waals surface area contributed by atoms with Gasteiger partial charge in [-0.25, -0.2) is 21.5 Å². The number of carbonyl (C=O) groups is 1. The van der Waals surface area contributed by atoms with Crippen LogP contribution in [0.5, 0.6) is 0 Å². The summed E-state index contributed by atoms with van der Waals surface area (Å²) >= 11 is 0. The molecule has 1 aromatic heterocycles. The van der Waals surface area contributed by atoms with Gasteiger partial charge in [-0.05, 0) is 26.0 Å². The Morgan fingerprint density at radius 2 is 1.88 bits per heavy atom. The van der Waals surface area contributed by atoms with Crippen LogP contribution in [0, 0.1) is 25.5 Å². The molecule has 0 aliphatic rings. The minimum absolute atomic E-state index is 0.0399. The lowest BCUT2D eigenvalue weighted by Gasteiger charge is -2.12. The van der Waals surface area contributed by atoms with Crippen LogP contribution in [0.2, 0.25) is 0 Å². The second-order valence-corrected chi connectivity index (χ2v) is 7.71. The lowest BCUT2D eigenvalue weighted by atomic mass is 10.3. The Bertz CT molecular complexity index is 923. The van der Waals surface area contributed by atoms with Crippen molar-refractivity contribution in [1.82, 2.24) is 14.1 Å². The number of benzene rings is 1. The number of sulfonamides is 1. The van der Waals surface area contributed by atoms with Crippen LogP contribution in [-0.2, 0) is 21.4 Å². The van der Waals surface area contributed by atoms with Gasteiger partial charge in [-0.1, -0.05) is 0 Å². The average Bonchev–Trinajstić information content (AvgIpc) is 2.77. The van der Waals surface area contributed by atoms with E-state index in [2.05, 4.69) is 10.4 Å². The van der Waals surface area contributed by atoms with Crippen LogP contribution >= 0.6 is 0 Å². The normalized spacial score (nSPS) is 11.8. The summed E-state index contributed by atoms with van der Waals surface area (Å²) in [5, 5.41) is 6.50. The monoisotopic (exact) mass is 372 g/mol. The third-order valence-electron chi connectivity index (χ3n) is 3.55. The van der Waals surface area contributed by atoms with Crippen molar-refractivity contribution in [2.45, 2.75) is 25.3 Å². The van der Waals surface area contributed by atoms with Crippen molar-refractivity contribution < 1.29 is 22.0 Å². The molecule has 136 valence electrons. The van der Waals surface area contributed by atoms with Gasteiger partial charge in [0.2, 0.25) is 15.9 Å². The van der Waals surface area contributed by atoms with E-state index in [1.165, 1.54) is 31.8 Å². The summed E-state index contributed by atoms with van der Waals surface area (Å²) in [4.78, 5) is 12.1. The van der Waals surface area contributed by atoms with Crippen molar-refractivity contribution in [2.24, 2.45) is 0 Å². The molecule has 0 saturated heterocycles. The maximum absolute atomic E-state index is 13.2.